The second-order valence-corrected chi connectivity index (χ2v) is 3.89. The zero-order valence-corrected chi connectivity index (χ0v) is 10.9. The van der Waals surface area contributed by atoms with Crippen LogP contribution in [0.2, 0.25) is 0 Å². The van der Waals surface area contributed by atoms with Crippen molar-refractivity contribution >= 4 is 0 Å². The Balaban J connectivity index is 2.19. The second kappa shape index (κ2) is 9.71. The predicted octanol–water partition coefficient (Wildman–Crippen LogP) is 1.04. The Kier molecular flexibility index (Phi) is 8.11. The van der Waals surface area contributed by atoms with Crippen LogP contribution in [0, 0.1) is 0 Å². The van der Waals surface area contributed by atoms with E-state index in [4.69, 9.17) is 9.47 Å². The molecule has 0 aliphatic carbocycles. The van der Waals surface area contributed by atoms with Gasteiger partial charge in [0.25, 0.3) is 6.43 Å². The molecule has 0 fully saturated rings. The maximum atomic E-state index is 11.8. The summed E-state index contributed by atoms with van der Waals surface area (Å²) < 4.78 is 33.3. The van der Waals surface area contributed by atoms with Crippen molar-refractivity contribution in [2.75, 3.05) is 33.5 Å². The van der Waals surface area contributed by atoms with E-state index in [1.165, 1.54) is 0 Å². The lowest BCUT2D eigenvalue weighted by atomic mass is 10.3. The van der Waals surface area contributed by atoms with Gasteiger partial charge >= 0.3 is 0 Å². The molecule has 5 nitrogen and oxygen atoms in total. The third-order valence-electron chi connectivity index (χ3n) is 2.28. The molecule has 19 heavy (non-hydrogen) atoms. The molecule has 7 heteroatoms. The fourth-order valence-corrected chi connectivity index (χ4v) is 1.34. The van der Waals surface area contributed by atoms with Crippen molar-refractivity contribution in [1.82, 2.24) is 15.3 Å². The van der Waals surface area contributed by atoms with E-state index in [2.05, 4.69) is 15.3 Å². The lowest BCUT2D eigenvalue weighted by Crippen LogP contribution is -2.19. The first-order chi connectivity index (χ1) is 9.22. The number of hydrogen-bond acceptors (Lipinski definition) is 5. The molecule has 0 radical (unpaired) electrons. The number of rotatable bonds is 10. The van der Waals surface area contributed by atoms with Crippen LogP contribution in [-0.4, -0.2) is 49.9 Å². The van der Waals surface area contributed by atoms with E-state index in [0.29, 0.717) is 25.4 Å². The molecule has 1 heterocycles. The van der Waals surface area contributed by atoms with Crippen molar-refractivity contribution in [3.05, 3.63) is 23.8 Å². The van der Waals surface area contributed by atoms with Gasteiger partial charge in [-0.1, -0.05) is 0 Å². The van der Waals surface area contributed by atoms with Crippen LogP contribution in [0.4, 0.5) is 8.78 Å². The van der Waals surface area contributed by atoms with Crippen molar-refractivity contribution in [2.24, 2.45) is 0 Å². The molecule has 0 aliphatic heterocycles. The molecular formula is C12H19F2N3O2. The van der Waals surface area contributed by atoms with Crippen LogP contribution in [0.25, 0.3) is 0 Å². The molecule has 1 aromatic rings. The molecule has 0 bridgehead atoms. The van der Waals surface area contributed by atoms with E-state index in [1.54, 1.807) is 19.5 Å². The van der Waals surface area contributed by atoms with Gasteiger partial charge in [0.2, 0.25) is 0 Å². The number of methoxy groups -OCH3 is 1. The summed E-state index contributed by atoms with van der Waals surface area (Å²) in [4.78, 5) is 8.29. The van der Waals surface area contributed by atoms with Gasteiger partial charge in [0, 0.05) is 44.6 Å². The summed E-state index contributed by atoms with van der Waals surface area (Å²) in [5.74, 6) is 0.593. The smallest absolute Gasteiger partial charge is 0.261 e. The number of aromatic nitrogens is 2. The van der Waals surface area contributed by atoms with Gasteiger partial charge in [0.1, 0.15) is 12.4 Å². The van der Waals surface area contributed by atoms with Crippen LogP contribution < -0.4 is 5.32 Å². The first kappa shape index (κ1) is 15.9. The molecule has 1 rings (SSSR count). The minimum absolute atomic E-state index is 0.204. The third kappa shape index (κ3) is 7.76. The predicted molar refractivity (Wildman–Crippen MR) is 66.1 cm³/mol. The fraction of sp³-hybridized carbons (Fsp3) is 0.667. The average molecular weight is 275 g/mol. The zero-order valence-electron chi connectivity index (χ0n) is 10.9. The van der Waals surface area contributed by atoms with Crippen LogP contribution in [-0.2, 0) is 22.4 Å². The summed E-state index contributed by atoms with van der Waals surface area (Å²) in [5, 5.41) is 3.17. The Hall–Kier alpha value is -1.18. The summed E-state index contributed by atoms with van der Waals surface area (Å²) in [6.45, 7) is 1.75. The monoisotopic (exact) mass is 275 g/mol. The number of hydrogen-bond donors (Lipinski definition) is 1. The van der Waals surface area contributed by atoms with Crippen molar-refractivity contribution in [3.63, 3.8) is 0 Å². The van der Waals surface area contributed by atoms with Gasteiger partial charge in [-0.3, -0.25) is 0 Å². The normalized spacial score (nSPS) is 11.2. The Labute approximate surface area is 111 Å². The average Bonchev–Trinajstić information content (AvgIpc) is 2.41. The van der Waals surface area contributed by atoms with Gasteiger partial charge < -0.3 is 14.8 Å². The molecule has 108 valence electrons. The highest BCUT2D eigenvalue weighted by molar-refractivity contribution is 5.04. The summed E-state index contributed by atoms with van der Waals surface area (Å²) in [7, 11) is 1.65. The van der Waals surface area contributed by atoms with Crippen molar-refractivity contribution in [2.45, 2.75) is 19.4 Å². The SMILES string of the molecule is COCCNCc1cnc(CCOCC(F)F)nc1. The minimum atomic E-state index is -2.43. The molecule has 0 spiro atoms. The van der Waals surface area contributed by atoms with E-state index < -0.39 is 13.0 Å². The standard InChI is InChI=1S/C12H19F2N3O2/c1-18-5-3-15-6-10-7-16-12(17-8-10)2-4-19-9-11(13)14/h7-8,11,15H,2-6,9H2,1H3. The molecule has 0 atom stereocenters. The van der Waals surface area contributed by atoms with Crippen molar-refractivity contribution in [3.8, 4) is 0 Å². The van der Waals surface area contributed by atoms with Gasteiger partial charge in [-0.2, -0.15) is 0 Å². The first-order valence-electron chi connectivity index (χ1n) is 6.07. The number of ether oxygens (including phenoxy) is 2. The highest BCUT2D eigenvalue weighted by atomic mass is 19.3. The van der Waals surface area contributed by atoms with E-state index in [-0.39, 0.29) is 6.61 Å². The summed E-state index contributed by atoms with van der Waals surface area (Å²) in [6.07, 6.45) is 1.44. The van der Waals surface area contributed by atoms with Crippen LogP contribution in [0.3, 0.4) is 0 Å². The largest absolute Gasteiger partial charge is 0.383 e. The lowest BCUT2D eigenvalue weighted by molar-refractivity contribution is 0.0183. The molecule has 0 aliphatic rings. The van der Waals surface area contributed by atoms with E-state index in [0.717, 1.165) is 12.1 Å². The molecule has 0 saturated carbocycles. The van der Waals surface area contributed by atoms with Crippen molar-refractivity contribution < 1.29 is 18.3 Å². The lowest BCUT2D eigenvalue weighted by Gasteiger charge is -2.05. The molecular weight excluding hydrogens is 256 g/mol. The summed E-state index contributed by atoms with van der Waals surface area (Å²) >= 11 is 0. The van der Waals surface area contributed by atoms with E-state index in [1.807, 2.05) is 0 Å². The second-order valence-electron chi connectivity index (χ2n) is 3.89. The Bertz CT molecular complexity index is 336. The maximum absolute atomic E-state index is 11.8. The Morgan fingerprint density at radius 3 is 2.63 bits per heavy atom. The van der Waals surface area contributed by atoms with Crippen molar-refractivity contribution in [1.29, 1.82) is 0 Å². The number of nitrogens with zero attached hydrogens (tertiary/aromatic N) is 2. The number of nitrogens with one attached hydrogen (secondary N) is 1. The molecule has 0 saturated heterocycles. The van der Waals surface area contributed by atoms with Gasteiger partial charge in [0.15, 0.2) is 0 Å². The van der Waals surface area contributed by atoms with Gasteiger partial charge in [-0.05, 0) is 0 Å². The van der Waals surface area contributed by atoms with Gasteiger partial charge in [-0.25, -0.2) is 18.7 Å². The quantitative estimate of drug-likeness (QED) is 0.647. The molecule has 0 aromatic carbocycles. The van der Waals surface area contributed by atoms with Crippen LogP contribution in [0.15, 0.2) is 12.4 Å². The minimum Gasteiger partial charge on any atom is -0.383 e. The third-order valence-corrected chi connectivity index (χ3v) is 2.28. The van der Waals surface area contributed by atoms with Crippen LogP contribution in [0.1, 0.15) is 11.4 Å². The highest BCUT2D eigenvalue weighted by Gasteiger charge is 2.03. The van der Waals surface area contributed by atoms with Gasteiger partial charge in [0.05, 0.1) is 13.2 Å². The van der Waals surface area contributed by atoms with E-state index in [9.17, 15) is 8.78 Å². The van der Waals surface area contributed by atoms with E-state index >= 15 is 0 Å². The molecule has 0 unspecified atom stereocenters. The topological polar surface area (TPSA) is 56.3 Å². The molecule has 1 N–H and O–H groups in total. The van der Waals surface area contributed by atoms with Crippen LogP contribution in [0.5, 0.6) is 0 Å². The maximum Gasteiger partial charge on any atom is 0.261 e. The zero-order chi connectivity index (χ0) is 13.9. The Morgan fingerprint density at radius 1 is 1.26 bits per heavy atom. The summed E-state index contributed by atoms with van der Waals surface area (Å²) in [6, 6.07) is 0. The number of alkyl halides is 2. The fourth-order valence-electron chi connectivity index (χ4n) is 1.34. The van der Waals surface area contributed by atoms with Crippen LogP contribution >= 0.6 is 0 Å². The first-order valence-corrected chi connectivity index (χ1v) is 6.07. The highest BCUT2D eigenvalue weighted by Crippen LogP contribution is 1.98. The number of halogens is 2. The molecule has 0 amide bonds. The molecule has 1 aromatic heterocycles. The Morgan fingerprint density at radius 2 is 2.00 bits per heavy atom. The summed E-state index contributed by atoms with van der Waals surface area (Å²) in [5.41, 5.74) is 0.966. The van der Waals surface area contributed by atoms with Gasteiger partial charge in [-0.15, -0.1) is 0 Å².